The van der Waals surface area contributed by atoms with Crippen molar-refractivity contribution in [2.24, 2.45) is 0 Å². The molecular formula is C22H25FN2O4. The number of halogens is 1. The van der Waals surface area contributed by atoms with Crippen molar-refractivity contribution in [2.45, 2.75) is 32.0 Å². The fourth-order valence-electron chi connectivity index (χ4n) is 3.42. The van der Waals surface area contributed by atoms with Crippen molar-refractivity contribution in [1.29, 1.82) is 0 Å². The van der Waals surface area contributed by atoms with Crippen LogP contribution in [-0.4, -0.2) is 48.6 Å². The minimum Gasteiger partial charge on any atom is -0.492 e. The highest BCUT2D eigenvalue weighted by atomic mass is 19.1. The average Bonchev–Trinajstić information content (AvgIpc) is 2.72. The Kier molecular flexibility index (Phi) is 6.82. The summed E-state index contributed by atoms with van der Waals surface area (Å²) in [5.41, 5.74) is 0.844. The standard InChI is InChI=1S/C22H25FN2O4/c1-15(2)25-19(26)14-29-21(20(25)16-6-4-3-5-7-16)22(27)24-12-13-28-18-10-8-17(23)9-11-18/h3-11,15,20-21H,12-14H2,1-2H3,(H,24,27)/t20-,21+/m1/s1. The Bertz CT molecular complexity index is 826. The SMILES string of the molecule is CC(C)N1C(=O)CO[C@H](C(=O)NCCOc2ccc(F)cc2)[C@H]1c1ccccc1. The highest BCUT2D eigenvalue weighted by Gasteiger charge is 2.42. The second-order valence-corrected chi connectivity index (χ2v) is 7.08. The van der Waals surface area contributed by atoms with Gasteiger partial charge in [0.25, 0.3) is 5.91 Å². The van der Waals surface area contributed by atoms with Gasteiger partial charge in [-0.2, -0.15) is 0 Å². The molecule has 7 heteroatoms. The highest BCUT2D eigenvalue weighted by molar-refractivity contribution is 5.86. The van der Waals surface area contributed by atoms with Crippen LogP contribution in [0.5, 0.6) is 5.75 Å². The molecule has 2 atom stereocenters. The number of hydrogen-bond acceptors (Lipinski definition) is 4. The molecule has 29 heavy (non-hydrogen) atoms. The van der Waals surface area contributed by atoms with Gasteiger partial charge in [0.05, 0.1) is 12.6 Å². The summed E-state index contributed by atoms with van der Waals surface area (Å²) < 4.78 is 24.1. The highest BCUT2D eigenvalue weighted by Crippen LogP contribution is 2.32. The van der Waals surface area contributed by atoms with Gasteiger partial charge >= 0.3 is 0 Å². The number of rotatable bonds is 7. The maximum absolute atomic E-state index is 12.9. The predicted octanol–water partition coefficient (Wildman–Crippen LogP) is 2.70. The van der Waals surface area contributed by atoms with Crippen molar-refractivity contribution < 1.29 is 23.5 Å². The molecule has 2 aromatic rings. The molecule has 0 spiro atoms. The first kappa shape index (κ1) is 20.8. The Hall–Kier alpha value is -2.93. The number of nitrogens with zero attached hydrogens (tertiary/aromatic N) is 1. The van der Waals surface area contributed by atoms with E-state index in [2.05, 4.69) is 5.32 Å². The first-order valence-corrected chi connectivity index (χ1v) is 9.61. The number of carbonyl (C=O) groups excluding carboxylic acids is 2. The van der Waals surface area contributed by atoms with Crippen LogP contribution in [0.3, 0.4) is 0 Å². The van der Waals surface area contributed by atoms with Gasteiger partial charge in [-0.15, -0.1) is 0 Å². The quantitative estimate of drug-likeness (QED) is 0.726. The minimum atomic E-state index is -0.816. The normalized spacial score (nSPS) is 19.3. The number of carbonyl (C=O) groups is 2. The molecule has 1 fully saturated rings. The fourth-order valence-corrected chi connectivity index (χ4v) is 3.42. The maximum atomic E-state index is 12.9. The van der Waals surface area contributed by atoms with Gasteiger partial charge in [0.2, 0.25) is 5.91 Å². The molecule has 0 bridgehead atoms. The summed E-state index contributed by atoms with van der Waals surface area (Å²) in [5, 5.41) is 2.81. The third-order valence-electron chi connectivity index (χ3n) is 4.70. The van der Waals surface area contributed by atoms with Gasteiger partial charge in [0, 0.05) is 6.04 Å². The second-order valence-electron chi connectivity index (χ2n) is 7.08. The number of benzene rings is 2. The van der Waals surface area contributed by atoms with Crippen LogP contribution in [0.1, 0.15) is 25.5 Å². The largest absolute Gasteiger partial charge is 0.492 e. The molecule has 1 aliphatic heterocycles. The van der Waals surface area contributed by atoms with E-state index in [1.54, 1.807) is 4.90 Å². The second kappa shape index (κ2) is 9.52. The zero-order valence-corrected chi connectivity index (χ0v) is 16.5. The van der Waals surface area contributed by atoms with Crippen LogP contribution >= 0.6 is 0 Å². The fraction of sp³-hybridized carbons (Fsp3) is 0.364. The predicted molar refractivity (Wildman–Crippen MR) is 106 cm³/mol. The Morgan fingerprint density at radius 1 is 1.21 bits per heavy atom. The molecule has 1 N–H and O–H groups in total. The zero-order valence-electron chi connectivity index (χ0n) is 16.5. The Morgan fingerprint density at radius 2 is 1.90 bits per heavy atom. The molecule has 0 aliphatic carbocycles. The van der Waals surface area contributed by atoms with Crippen LogP contribution in [0.25, 0.3) is 0 Å². The van der Waals surface area contributed by atoms with Crippen LogP contribution in [0, 0.1) is 5.82 Å². The van der Waals surface area contributed by atoms with Crippen molar-refractivity contribution in [2.75, 3.05) is 19.8 Å². The van der Waals surface area contributed by atoms with Gasteiger partial charge in [0.15, 0.2) is 6.10 Å². The molecule has 2 amide bonds. The summed E-state index contributed by atoms with van der Waals surface area (Å²) >= 11 is 0. The van der Waals surface area contributed by atoms with Gasteiger partial charge in [-0.05, 0) is 43.7 Å². The van der Waals surface area contributed by atoms with E-state index in [4.69, 9.17) is 9.47 Å². The molecule has 2 aromatic carbocycles. The van der Waals surface area contributed by atoms with Crippen LogP contribution in [-0.2, 0) is 14.3 Å². The van der Waals surface area contributed by atoms with Crippen molar-refractivity contribution in [3.63, 3.8) is 0 Å². The lowest BCUT2D eigenvalue weighted by atomic mass is 9.96. The first-order valence-electron chi connectivity index (χ1n) is 9.61. The van der Waals surface area contributed by atoms with Gasteiger partial charge in [0.1, 0.15) is 24.8 Å². The van der Waals surface area contributed by atoms with Gasteiger partial charge in [-0.25, -0.2) is 4.39 Å². The molecule has 6 nitrogen and oxygen atoms in total. The molecule has 154 valence electrons. The summed E-state index contributed by atoms with van der Waals surface area (Å²) in [5.74, 6) is -0.262. The third-order valence-corrected chi connectivity index (χ3v) is 4.70. The molecule has 0 aromatic heterocycles. The van der Waals surface area contributed by atoms with Crippen LogP contribution in [0.2, 0.25) is 0 Å². The van der Waals surface area contributed by atoms with Crippen LogP contribution in [0.15, 0.2) is 54.6 Å². The first-order chi connectivity index (χ1) is 14.0. The molecule has 1 heterocycles. The summed E-state index contributed by atoms with van der Waals surface area (Å²) in [6.07, 6.45) is -0.816. The van der Waals surface area contributed by atoms with E-state index in [1.807, 2.05) is 44.2 Å². The molecule has 1 aliphatic rings. The van der Waals surface area contributed by atoms with Crippen molar-refractivity contribution in [3.8, 4) is 5.75 Å². The van der Waals surface area contributed by atoms with Crippen molar-refractivity contribution in [1.82, 2.24) is 10.2 Å². The number of amides is 2. The summed E-state index contributed by atoms with van der Waals surface area (Å²) in [6.45, 7) is 4.20. The average molecular weight is 400 g/mol. The topological polar surface area (TPSA) is 67.9 Å². The van der Waals surface area contributed by atoms with E-state index in [9.17, 15) is 14.0 Å². The summed E-state index contributed by atoms with van der Waals surface area (Å²) in [6, 6.07) is 14.5. The Morgan fingerprint density at radius 3 is 2.55 bits per heavy atom. The van der Waals surface area contributed by atoms with Crippen molar-refractivity contribution in [3.05, 3.63) is 66.0 Å². The van der Waals surface area contributed by atoms with E-state index >= 15 is 0 Å². The maximum Gasteiger partial charge on any atom is 0.251 e. The molecule has 3 rings (SSSR count). The molecule has 1 saturated heterocycles. The summed E-state index contributed by atoms with van der Waals surface area (Å²) in [7, 11) is 0. The number of ether oxygens (including phenoxy) is 2. The monoisotopic (exact) mass is 400 g/mol. The molecule has 0 saturated carbocycles. The van der Waals surface area contributed by atoms with Gasteiger partial charge in [-0.3, -0.25) is 9.59 Å². The number of nitrogens with one attached hydrogen (secondary N) is 1. The van der Waals surface area contributed by atoms with Crippen LogP contribution in [0.4, 0.5) is 4.39 Å². The van der Waals surface area contributed by atoms with E-state index < -0.39 is 12.1 Å². The van der Waals surface area contributed by atoms with E-state index in [0.29, 0.717) is 5.75 Å². The Labute approximate surface area is 169 Å². The Balaban J connectivity index is 1.65. The van der Waals surface area contributed by atoms with E-state index in [1.165, 1.54) is 24.3 Å². The molecule has 0 unspecified atom stereocenters. The third kappa shape index (κ3) is 5.12. The minimum absolute atomic E-state index is 0.0753. The van der Waals surface area contributed by atoms with E-state index in [0.717, 1.165) is 5.56 Å². The van der Waals surface area contributed by atoms with E-state index in [-0.39, 0.29) is 43.4 Å². The number of hydrogen-bond donors (Lipinski definition) is 1. The van der Waals surface area contributed by atoms with Gasteiger partial charge in [-0.1, -0.05) is 30.3 Å². The van der Waals surface area contributed by atoms with Crippen molar-refractivity contribution >= 4 is 11.8 Å². The molecular weight excluding hydrogens is 375 g/mol. The molecule has 0 radical (unpaired) electrons. The lowest BCUT2D eigenvalue weighted by Crippen LogP contribution is -2.56. The number of morpholine rings is 1. The zero-order chi connectivity index (χ0) is 20.8. The van der Waals surface area contributed by atoms with Crippen LogP contribution < -0.4 is 10.1 Å². The lowest BCUT2D eigenvalue weighted by Gasteiger charge is -2.42. The lowest BCUT2D eigenvalue weighted by molar-refractivity contribution is -0.167. The van der Waals surface area contributed by atoms with Gasteiger partial charge < -0.3 is 19.7 Å². The summed E-state index contributed by atoms with van der Waals surface area (Å²) in [4.78, 5) is 27.0. The smallest absolute Gasteiger partial charge is 0.251 e.